The summed E-state index contributed by atoms with van der Waals surface area (Å²) in [4.78, 5) is 10.6. The number of hydrogen-bond acceptors (Lipinski definition) is 3. The Kier molecular flexibility index (Phi) is 3.40. The Morgan fingerprint density at radius 3 is 2.67 bits per heavy atom. The Labute approximate surface area is 53.9 Å². The summed E-state index contributed by atoms with van der Waals surface area (Å²) in [6.07, 6.45) is 1.54. The van der Waals surface area contributed by atoms with Gasteiger partial charge in [-0.3, -0.25) is 10.1 Å². The van der Waals surface area contributed by atoms with Gasteiger partial charge in [0.2, 0.25) is 5.91 Å². The van der Waals surface area contributed by atoms with Crippen LogP contribution in [0.1, 0.15) is 6.92 Å². The third kappa shape index (κ3) is 2.67. The van der Waals surface area contributed by atoms with Crippen molar-refractivity contribution in [3.63, 3.8) is 0 Å². The van der Waals surface area contributed by atoms with Crippen LogP contribution >= 0.6 is 0 Å². The zero-order chi connectivity index (χ0) is 7.28. The first-order chi connectivity index (χ1) is 4.22. The summed E-state index contributed by atoms with van der Waals surface area (Å²) in [7, 11) is 1.65. The molecule has 0 aliphatic carbocycles. The Balaban J connectivity index is 3.62. The van der Waals surface area contributed by atoms with Crippen molar-refractivity contribution in [2.24, 2.45) is 0 Å². The van der Waals surface area contributed by atoms with Crippen LogP contribution in [0.2, 0.25) is 0 Å². The van der Waals surface area contributed by atoms with Crippen molar-refractivity contribution in [1.29, 1.82) is 5.26 Å². The van der Waals surface area contributed by atoms with Crippen molar-refractivity contribution in [1.82, 2.24) is 10.6 Å². The Bertz CT molecular complexity index is 138. The second-order valence-electron chi connectivity index (χ2n) is 1.61. The number of carbonyl (C=O) groups is 1. The first-order valence-electron chi connectivity index (χ1n) is 2.58. The number of nitrogens with one attached hydrogen (secondary N) is 2. The molecule has 0 aliphatic heterocycles. The van der Waals surface area contributed by atoms with Crippen molar-refractivity contribution in [2.75, 3.05) is 7.05 Å². The standard InChI is InChI=1S/C5H9N3O/c1-4(7-2)5(9)8-3-6/h4,7H,1-2H3,(H,8,9). The van der Waals surface area contributed by atoms with E-state index in [4.69, 9.17) is 5.26 Å². The predicted octanol–water partition coefficient (Wildman–Crippen LogP) is -0.808. The van der Waals surface area contributed by atoms with Crippen LogP contribution in [0.5, 0.6) is 0 Å². The average Bonchev–Trinajstić information content (AvgIpc) is 1.87. The third-order valence-electron chi connectivity index (χ3n) is 1.01. The van der Waals surface area contributed by atoms with E-state index < -0.39 is 0 Å². The molecule has 0 radical (unpaired) electrons. The molecule has 0 aromatic heterocycles. The van der Waals surface area contributed by atoms with Gasteiger partial charge in [0.15, 0.2) is 6.19 Å². The van der Waals surface area contributed by atoms with Crippen LogP contribution in [0, 0.1) is 11.5 Å². The van der Waals surface area contributed by atoms with Crippen LogP contribution in [0.4, 0.5) is 0 Å². The summed E-state index contributed by atoms with van der Waals surface area (Å²) < 4.78 is 0. The molecule has 0 heterocycles. The van der Waals surface area contributed by atoms with Gasteiger partial charge in [-0.25, -0.2) is 0 Å². The molecule has 1 amide bonds. The van der Waals surface area contributed by atoms with Gasteiger partial charge in [-0.05, 0) is 14.0 Å². The summed E-state index contributed by atoms with van der Waals surface area (Å²) in [5.41, 5.74) is 0. The smallest absolute Gasteiger partial charge is 0.249 e. The number of carbonyl (C=O) groups excluding carboxylic acids is 1. The van der Waals surface area contributed by atoms with E-state index in [0.717, 1.165) is 0 Å². The van der Waals surface area contributed by atoms with E-state index in [0.29, 0.717) is 0 Å². The van der Waals surface area contributed by atoms with Crippen molar-refractivity contribution >= 4 is 5.91 Å². The fraction of sp³-hybridized carbons (Fsp3) is 0.600. The second kappa shape index (κ2) is 3.87. The van der Waals surface area contributed by atoms with Crippen molar-refractivity contribution in [2.45, 2.75) is 13.0 Å². The topological polar surface area (TPSA) is 64.9 Å². The second-order valence-corrected chi connectivity index (χ2v) is 1.61. The van der Waals surface area contributed by atoms with Crippen LogP contribution < -0.4 is 10.6 Å². The summed E-state index contributed by atoms with van der Waals surface area (Å²) in [6.45, 7) is 1.67. The Morgan fingerprint density at radius 2 is 2.33 bits per heavy atom. The molecule has 0 aliphatic rings. The van der Waals surface area contributed by atoms with E-state index in [1.807, 2.05) is 5.32 Å². The predicted molar refractivity (Wildman–Crippen MR) is 32.3 cm³/mol. The van der Waals surface area contributed by atoms with Gasteiger partial charge in [-0.15, -0.1) is 0 Å². The van der Waals surface area contributed by atoms with Gasteiger partial charge >= 0.3 is 0 Å². The normalized spacial score (nSPS) is 11.7. The van der Waals surface area contributed by atoms with Gasteiger partial charge in [-0.1, -0.05) is 0 Å². The van der Waals surface area contributed by atoms with Crippen molar-refractivity contribution in [3.8, 4) is 6.19 Å². The molecular weight excluding hydrogens is 118 g/mol. The Hall–Kier alpha value is -1.08. The van der Waals surface area contributed by atoms with Gasteiger partial charge in [0.25, 0.3) is 0 Å². The van der Waals surface area contributed by atoms with Crippen LogP contribution in [-0.2, 0) is 4.79 Å². The molecule has 0 saturated heterocycles. The highest BCUT2D eigenvalue weighted by atomic mass is 16.2. The maximum absolute atomic E-state index is 10.6. The van der Waals surface area contributed by atoms with Crippen LogP contribution in [0.25, 0.3) is 0 Å². The van der Waals surface area contributed by atoms with Crippen molar-refractivity contribution < 1.29 is 4.79 Å². The monoisotopic (exact) mass is 127 g/mol. The van der Waals surface area contributed by atoms with E-state index in [2.05, 4.69) is 5.32 Å². The molecule has 1 unspecified atom stereocenters. The molecule has 1 atom stereocenters. The lowest BCUT2D eigenvalue weighted by atomic mass is 10.3. The molecule has 0 spiro atoms. The number of nitrogens with zero attached hydrogens (tertiary/aromatic N) is 1. The molecule has 0 saturated carbocycles. The SMILES string of the molecule is CNC(C)C(=O)NC#N. The minimum Gasteiger partial charge on any atom is -0.309 e. The highest BCUT2D eigenvalue weighted by Crippen LogP contribution is 1.76. The molecule has 50 valence electrons. The van der Waals surface area contributed by atoms with Gasteiger partial charge in [0.1, 0.15) is 0 Å². The molecule has 4 heteroatoms. The van der Waals surface area contributed by atoms with Crippen molar-refractivity contribution in [3.05, 3.63) is 0 Å². The summed E-state index contributed by atoms with van der Waals surface area (Å²) >= 11 is 0. The zero-order valence-electron chi connectivity index (χ0n) is 5.43. The van der Waals surface area contributed by atoms with E-state index in [1.54, 1.807) is 20.2 Å². The maximum Gasteiger partial charge on any atom is 0.249 e. The lowest BCUT2D eigenvalue weighted by Gasteiger charge is -2.04. The van der Waals surface area contributed by atoms with Crippen LogP contribution in [0.3, 0.4) is 0 Å². The average molecular weight is 127 g/mol. The highest BCUT2D eigenvalue weighted by molar-refractivity contribution is 5.82. The minimum atomic E-state index is -0.306. The van der Waals surface area contributed by atoms with E-state index in [-0.39, 0.29) is 11.9 Å². The molecule has 4 nitrogen and oxygen atoms in total. The van der Waals surface area contributed by atoms with Gasteiger partial charge in [-0.2, -0.15) is 5.26 Å². The summed E-state index contributed by atoms with van der Waals surface area (Å²) in [5, 5.41) is 12.7. The lowest BCUT2D eigenvalue weighted by Crippen LogP contribution is -2.38. The number of hydrogen-bond donors (Lipinski definition) is 2. The van der Waals surface area contributed by atoms with E-state index in [1.165, 1.54) is 0 Å². The number of nitriles is 1. The first kappa shape index (κ1) is 7.92. The molecule has 0 aromatic rings. The number of likely N-dealkylation sites (N-methyl/N-ethyl adjacent to an activating group) is 1. The largest absolute Gasteiger partial charge is 0.309 e. The molecule has 2 N–H and O–H groups in total. The zero-order valence-corrected chi connectivity index (χ0v) is 5.43. The van der Waals surface area contributed by atoms with Gasteiger partial charge < -0.3 is 5.32 Å². The summed E-state index contributed by atoms with van der Waals surface area (Å²) in [6, 6.07) is -0.301. The first-order valence-corrected chi connectivity index (χ1v) is 2.58. The van der Waals surface area contributed by atoms with E-state index >= 15 is 0 Å². The molecule has 0 rings (SSSR count). The van der Waals surface area contributed by atoms with Crippen LogP contribution in [0.15, 0.2) is 0 Å². The van der Waals surface area contributed by atoms with Crippen LogP contribution in [-0.4, -0.2) is 19.0 Å². The minimum absolute atomic E-state index is 0.301. The summed E-state index contributed by atoms with van der Waals surface area (Å²) in [5.74, 6) is -0.306. The molecule has 9 heavy (non-hydrogen) atoms. The van der Waals surface area contributed by atoms with Gasteiger partial charge in [0.05, 0.1) is 6.04 Å². The quantitative estimate of drug-likeness (QED) is 0.376. The number of amides is 1. The fourth-order valence-electron chi connectivity index (χ4n) is 0.294. The lowest BCUT2D eigenvalue weighted by molar-refractivity contribution is -0.121. The molecular formula is C5H9N3O. The molecule has 0 aromatic carbocycles. The molecule has 0 fully saturated rings. The number of rotatable bonds is 2. The third-order valence-corrected chi connectivity index (χ3v) is 1.01. The van der Waals surface area contributed by atoms with Gasteiger partial charge in [0, 0.05) is 0 Å². The maximum atomic E-state index is 10.6. The van der Waals surface area contributed by atoms with E-state index in [9.17, 15) is 4.79 Å². The molecule has 0 bridgehead atoms. The Morgan fingerprint density at radius 1 is 1.78 bits per heavy atom. The highest BCUT2D eigenvalue weighted by Gasteiger charge is 2.07. The fourth-order valence-corrected chi connectivity index (χ4v) is 0.294.